The summed E-state index contributed by atoms with van der Waals surface area (Å²) in [5.41, 5.74) is 1.96. The number of rotatable bonds is 7. The Labute approximate surface area is 161 Å². The van der Waals surface area contributed by atoms with Gasteiger partial charge in [0.25, 0.3) is 5.24 Å². The van der Waals surface area contributed by atoms with Crippen molar-refractivity contribution >= 4 is 34.5 Å². The van der Waals surface area contributed by atoms with Gasteiger partial charge in [0.2, 0.25) is 5.91 Å². The molecule has 2 aromatic rings. The molecule has 1 fully saturated rings. The molecule has 0 saturated carbocycles. The third kappa shape index (κ3) is 4.78. The zero-order valence-corrected chi connectivity index (χ0v) is 15.7. The van der Waals surface area contributed by atoms with Gasteiger partial charge in [-0.1, -0.05) is 47.6 Å². The number of benzene rings is 2. The van der Waals surface area contributed by atoms with Gasteiger partial charge >= 0.3 is 0 Å². The summed E-state index contributed by atoms with van der Waals surface area (Å²) in [6.07, 6.45) is 0.310. The standard InChI is InChI=1S/C19H18ClNO4S/c1-24-16(13-4-6-14(20)7-5-13)11-25-15-8-2-12(3-9-15)10-17-18(22)21-19(23)26-17/h2-9,16-17H,10-11H2,1H3,(H,21,22,23). The highest BCUT2D eigenvalue weighted by molar-refractivity contribution is 8.15. The fraction of sp³-hybridized carbons (Fsp3) is 0.263. The zero-order valence-electron chi connectivity index (χ0n) is 14.1. The second kappa shape index (κ2) is 8.58. The van der Waals surface area contributed by atoms with Crippen LogP contribution in [0.5, 0.6) is 5.75 Å². The van der Waals surface area contributed by atoms with Gasteiger partial charge in [-0.2, -0.15) is 0 Å². The van der Waals surface area contributed by atoms with E-state index in [9.17, 15) is 9.59 Å². The smallest absolute Gasteiger partial charge is 0.286 e. The Morgan fingerprint density at radius 1 is 1.12 bits per heavy atom. The molecule has 2 amide bonds. The third-order valence-corrected chi connectivity index (χ3v) is 5.27. The Bertz CT molecular complexity index is 779. The SMILES string of the molecule is COC(COc1ccc(CC2SC(=O)NC2=O)cc1)c1ccc(Cl)cc1. The Kier molecular flexibility index (Phi) is 6.19. The quantitative estimate of drug-likeness (QED) is 0.772. The van der Waals surface area contributed by atoms with Crippen molar-refractivity contribution in [1.29, 1.82) is 0 Å². The summed E-state index contributed by atoms with van der Waals surface area (Å²) in [5.74, 6) is 0.482. The van der Waals surface area contributed by atoms with Gasteiger partial charge in [0.15, 0.2) is 0 Å². The first-order valence-corrected chi connectivity index (χ1v) is 9.32. The van der Waals surface area contributed by atoms with Gasteiger partial charge in [0.1, 0.15) is 18.5 Å². The van der Waals surface area contributed by atoms with E-state index in [1.807, 2.05) is 48.5 Å². The second-order valence-corrected chi connectivity index (χ2v) is 7.43. The van der Waals surface area contributed by atoms with Crippen LogP contribution in [0.15, 0.2) is 48.5 Å². The normalized spacial score (nSPS) is 17.8. The molecular formula is C19H18ClNO4S. The van der Waals surface area contributed by atoms with Gasteiger partial charge in [-0.15, -0.1) is 0 Å². The molecule has 0 aromatic heterocycles. The highest BCUT2D eigenvalue weighted by Gasteiger charge is 2.31. The summed E-state index contributed by atoms with van der Waals surface area (Å²) in [6.45, 7) is 0.368. The molecule has 0 bridgehead atoms. The van der Waals surface area contributed by atoms with Crippen LogP contribution >= 0.6 is 23.4 Å². The van der Waals surface area contributed by atoms with E-state index in [1.54, 1.807) is 7.11 Å². The largest absolute Gasteiger partial charge is 0.491 e. The van der Waals surface area contributed by atoms with Crippen LogP contribution in [0.3, 0.4) is 0 Å². The minimum atomic E-state index is -0.364. The predicted octanol–water partition coefficient (Wildman–Crippen LogP) is 4.00. The number of hydrogen-bond donors (Lipinski definition) is 1. The second-order valence-electron chi connectivity index (χ2n) is 5.82. The van der Waals surface area contributed by atoms with E-state index >= 15 is 0 Å². The fourth-order valence-electron chi connectivity index (χ4n) is 2.61. The van der Waals surface area contributed by atoms with Crippen LogP contribution in [0.25, 0.3) is 0 Å². The molecule has 1 aliphatic heterocycles. The third-order valence-electron chi connectivity index (χ3n) is 4.04. The van der Waals surface area contributed by atoms with Crippen LogP contribution in [0.1, 0.15) is 17.2 Å². The molecule has 136 valence electrons. The van der Waals surface area contributed by atoms with Crippen molar-refractivity contribution in [1.82, 2.24) is 5.32 Å². The number of ether oxygens (including phenoxy) is 2. The summed E-state index contributed by atoms with van der Waals surface area (Å²) in [6, 6.07) is 15.0. The predicted molar refractivity (Wildman–Crippen MR) is 102 cm³/mol. The van der Waals surface area contributed by atoms with E-state index in [1.165, 1.54) is 0 Å². The van der Waals surface area contributed by atoms with Gasteiger partial charge in [-0.25, -0.2) is 0 Å². The average molecular weight is 392 g/mol. The van der Waals surface area contributed by atoms with Crippen LogP contribution in [0.4, 0.5) is 4.79 Å². The molecule has 2 aromatic carbocycles. The lowest BCUT2D eigenvalue weighted by Gasteiger charge is -2.17. The number of nitrogens with one attached hydrogen (secondary N) is 1. The van der Waals surface area contributed by atoms with Gasteiger partial charge in [-0.3, -0.25) is 14.9 Å². The number of hydrogen-bond acceptors (Lipinski definition) is 5. The van der Waals surface area contributed by atoms with E-state index in [0.29, 0.717) is 23.8 Å². The van der Waals surface area contributed by atoms with Crippen LogP contribution in [-0.2, 0) is 16.0 Å². The maximum Gasteiger partial charge on any atom is 0.286 e. The number of carbonyl (C=O) groups excluding carboxylic acids is 2. The molecule has 3 rings (SSSR count). The Hall–Kier alpha value is -2.02. The Morgan fingerprint density at radius 2 is 1.81 bits per heavy atom. The van der Waals surface area contributed by atoms with Crippen molar-refractivity contribution in [2.45, 2.75) is 17.8 Å². The molecule has 1 N–H and O–H groups in total. The number of halogens is 1. The molecule has 0 radical (unpaired) electrons. The van der Waals surface area contributed by atoms with Crippen LogP contribution in [0, 0.1) is 0 Å². The first kappa shape index (κ1) is 18.8. The summed E-state index contributed by atoms with van der Waals surface area (Å²) >= 11 is 6.94. The molecule has 2 atom stereocenters. The van der Waals surface area contributed by atoms with Gasteiger partial charge in [0, 0.05) is 12.1 Å². The van der Waals surface area contributed by atoms with E-state index in [2.05, 4.69) is 5.32 Å². The monoisotopic (exact) mass is 391 g/mol. The van der Waals surface area contributed by atoms with E-state index < -0.39 is 0 Å². The molecule has 26 heavy (non-hydrogen) atoms. The summed E-state index contributed by atoms with van der Waals surface area (Å²) in [4.78, 5) is 22.8. The van der Waals surface area contributed by atoms with E-state index in [4.69, 9.17) is 21.1 Å². The first-order valence-electron chi connectivity index (χ1n) is 8.06. The number of imide groups is 1. The van der Waals surface area contributed by atoms with Crippen molar-refractivity contribution in [3.63, 3.8) is 0 Å². The number of methoxy groups -OCH3 is 1. The van der Waals surface area contributed by atoms with Crippen molar-refractivity contribution in [3.05, 3.63) is 64.7 Å². The maximum absolute atomic E-state index is 11.6. The van der Waals surface area contributed by atoms with Gasteiger partial charge in [-0.05, 0) is 41.8 Å². The summed E-state index contributed by atoms with van der Waals surface area (Å²) < 4.78 is 11.3. The highest BCUT2D eigenvalue weighted by Crippen LogP contribution is 2.25. The van der Waals surface area contributed by atoms with Crippen molar-refractivity contribution in [2.75, 3.05) is 13.7 Å². The molecular weight excluding hydrogens is 374 g/mol. The molecule has 1 aliphatic rings. The Balaban J connectivity index is 1.56. The van der Waals surface area contributed by atoms with Gasteiger partial charge < -0.3 is 9.47 Å². The lowest BCUT2D eigenvalue weighted by molar-refractivity contribution is -0.118. The molecule has 1 saturated heterocycles. The lowest BCUT2D eigenvalue weighted by Crippen LogP contribution is -2.25. The lowest BCUT2D eigenvalue weighted by atomic mass is 10.1. The molecule has 5 nitrogen and oxygen atoms in total. The van der Waals surface area contributed by atoms with Gasteiger partial charge in [0.05, 0.1) is 5.25 Å². The van der Waals surface area contributed by atoms with E-state index in [-0.39, 0.29) is 22.5 Å². The molecule has 2 unspecified atom stereocenters. The minimum Gasteiger partial charge on any atom is -0.491 e. The first-order chi connectivity index (χ1) is 12.5. The summed E-state index contributed by atoms with van der Waals surface area (Å²) in [5, 5.41) is 2.32. The van der Waals surface area contributed by atoms with Crippen LogP contribution in [-0.4, -0.2) is 30.1 Å². The molecule has 0 spiro atoms. The maximum atomic E-state index is 11.6. The average Bonchev–Trinajstić information content (AvgIpc) is 2.95. The fourth-order valence-corrected chi connectivity index (χ4v) is 3.60. The highest BCUT2D eigenvalue weighted by atomic mass is 35.5. The van der Waals surface area contributed by atoms with Crippen molar-refractivity contribution in [2.24, 2.45) is 0 Å². The minimum absolute atomic E-state index is 0.198. The van der Waals surface area contributed by atoms with Crippen molar-refractivity contribution in [3.8, 4) is 5.75 Å². The Morgan fingerprint density at radius 3 is 2.38 bits per heavy atom. The topological polar surface area (TPSA) is 64.6 Å². The number of thioether (sulfide) groups is 1. The number of carbonyl (C=O) groups is 2. The number of amides is 2. The molecule has 7 heteroatoms. The summed E-state index contributed by atoms with van der Waals surface area (Å²) in [7, 11) is 1.64. The van der Waals surface area contributed by atoms with Crippen LogP contribution in [0.2, 0.25) is 5.02 Å². The van der Waals surface area contributed by atoms with Crippen molar-refractivity contribution < 1.29 is 19.1 Å². The molecule has 0 aliphatic carbocycles. The van der Waals surface area contributed by atoms with E-state index in [0.717, 1.165) is 22.9 Å². The molecule has 1 heterocycles. The zero-order chi connectivity index (χ0) is 18.5. The van der Waals surface area contributed by atoms with Crippen LogP contribution < -0.4 is 10.1 Å².